The molecule has 4 nitrogen and oxygen atoms in total. The van der Waals surface area contributed by atoms with Crippen LogP contribution in [0.3, 0.4) is 0 Å². The molecule has 0 N–H and O–H groups in total. The van der Waals surface area contributed by atoms with Gasteiger partial charge in [0.1, 0.15) is 25.6 Å². The van der Waals surface area contributed by atoms with Crippen LogP contribution in [-0.2, 0) is 0 Å². The number of hydrogen-bond acceptors (Lipinski definition) is 4. The number of hydrogen-bond donors (Lipinski definition) is 0. The molecule has 0 amide bonds. The maximum Gasteiger partial charge on any atom is 0.185 e. The van der Waals surface area contributed by atoms with Gasteiger partial charge >= 0.3 is 0 Å². The first-order valence-electron chi connectivity index (χ1n) is 7.72. The van der Waals surface area contributed by atoms with Crippen LogP contribution in [0.5, 0.6) is 17.2 Å². The monoisotopic (exact) mass is 322 g/mol. The van der Waals surface area contributed by atoms with Gasteiger partial charge in [-0.2, -0.15) is 0 Å². The summed E-state index contributed by atoms with van der Waals surface area (Å²) in [5, 5.41) is 0. The molecule has 2 aromatic carbocycles. The van der Waals surface area contributed by atoms with Gasteiger partial charge in [0.2, 0.25) is 0 Å². The van der Waals surface area contributed by atoms with Crippen LogP contribution in [0.1, 0.15) is 15.9 Å². The van der Waals surface area contributed by atoms with Crippen LogP contribution in [0.15, 0.2) is 61.2 Å². The third kappa shape index (κ3) is 3.84. The lowest BCUT2D eigenvalue weighted by atomic mass is 10.1. The third-order valence-electron chi connectivity index (χ3n) is 3.50. The van der Waals surface area contributed by atoms with Crippen molar-refractivity contribution in [2.45, 2.75) is 0 Å². The predicted octanol–water partition coefficient (Wildman–Crippen LogP) is 3.92. The van der Waals surface area contributed by atoms with E-state index >= 15 is 0 Å². The summed E-state index contributed by atoms with van der Waals surface area (Å²) in [6.07, 6.45) is 5.02. The Hall–Kier alpha value is -3.01. The second kappa shape index (κ2) is 7.51. The highest BCUT2D eigenvalue weighted by molar-refractivity contribution is 6.07. The van der Waals surface area contributed by atoms with Gasteiger partial charge in [0.15, 0.2) is 17.3 Å². The Morgan fingerprint density at radius 2 is 1.83 bits per heavy atom. The standard InChI is InChI=1S/C20H18O4/c1-2-11-22-17-7-3-15(4-8-17)5-9-18(21)16-6-10-19-20(14-16)24-13-12-23-19/h2-10,14H,1,11-13H2/b9-5+. The molecule has 0 aromatic heterocycles. The Balaban J connectivity index is 1.67. The molecule has 0 spiro atoms. The van der Waals surface area contributed by atoms with E-state index in [1.54, 1.807) is 36.4 Å². The second-order valence-corrected chi connectivity index (χ2v) is 5.22. The van der Waals surface area contributed by atoms with Gasteiger partial charge in [-0.3, -0.25) is 4.79 Å². The van der Waals surface area contributed by atoms with E-state index in [0.717, 1.165) is 11.3 Å². The largest absolute Gasteiger partial charge is 0.490 e. The zero-order valence-electron chi connectivity index (χ0n) is 13.2. The maximum absolute atomic E-state index is 12.3. The Morgan fingerprint density at radius 3 is 2.58 bits per heavy atom. The molecule has 0 bridgehead atoms. The zero-order chi connectivity index (χ0) is 16.8. The second-order valence-electron chi connectivity index (χ2n) is 5.22. The van der Waals surface area contributed by atoms with E-state index in [2.05, 4.69) is 6.58 Å². The average Bonchev–Trinajstić information content (AvgIpc) is 2.65. The van der Waals surface area contributed by atoms with Gasteiger partial charge < -0.3 is 14.2 Å². The molecule has 0 saturated carbocycles. The highest BCUT2D eigenvalue weighted by Crippen LogP contribution is 2.31. The molecule has 1 heterocycles. The van der Waals surface area contributed by atoms with E-state index in [9.17, 15) is 4.79 Å². The molecule has 0 fully saturated rings. The van der Waals surface area contributed by atoms with Crippen molar-refractivity contribution in [1.29, 1.82) is 0 Å². The molecule has 4 heteroatoms. The van der Waals surface area contributed by atoms with Crippen molar-refractivity contribution in [2.24, 2.45) is 0 Å². The van der Waals surface area contributed by atoms with Crippen LogP contribution < -0.4 is 14.2 Å². The number of fused-ring (bicyclic) bond motifs is 1. The van der Waals surface area contributed by atoms with Crippen LogP contribution >= 0.6 is 0 Å². The summed E-state index contributed by atoms with van der Waals surface area (Å²) >= 11 is 0. The number of ketones is 1. The first-order chi connectivity index (χ1) is 11.8. The number of carbonyl (C=O) groups excluding carboxylic acids is 1. The number of carbonyl (C=O) groups is 1. The predicted molar refractivity (Wildman–Crippen MR) is 92.9 cm³/mol. The molecule has 0 aliphatic carbocycles. The SMILES string of the molecule is C=CCOc1ccc(/C=C/C(=O)c2ccc3c(c2)OCCO3)cc1. The molecule has 0 atom stereocenters. The van der Waals surface area contributed by atoms with Gasteiger partial charge in [0.25, 0.3) is 0 Å². The van der Waals surface area contributed by atoms with Gasteiger partial charge in [0.05, 0.1) is 0 Å². The number of rotatable bonds is 6. The molecule has 1 aliphatic heterocycles. The Kier molecular flexibility index (Phi) is 4.96. The molecule has 0 saturated heterocycles. The summed E-state index contributed by atoms with van der Waals surface area (Å²) in [5.74, 6) is 1.98. The maximum atomic E-state index is 12.3. The summed E-state index contributed by atoms with van der Waals surface area (Å²) in [6.45, 7) is 5.11. The fourth-order valence-corrected chi connectivity index (χ4v) is 2.30. The molecule has 122 valence electrons. The number of allylic oxidation sites excluding steroid dienone is 1. The molecule has 24 heavy (non-hydrogen) atoms. The highest BCUT2D eigenvalue weighted by atomic mass is 16.6. The molecule has 3 rings (SSSR count). The zero-order valence-corrected chi connectivity index (χ0v) is 13.2. The summed E-state index contributed by atoms with van der Waals surface area (Å²) in [7, 11) is 0. The van der Waals surface area contributed by atoms with Crippen molar-refractivity contribution in [3.63, 3.8) is 0 Å². The topological polar surface area (TPSA) is 44.8 Å². The fourth-order valence-electron chi connectivity index (χ4n) is 2.30. The molecule has 2 aromatic rings. The normalized spacial score (nSPS) is 12.8. The Labute approximate surface area is 141 Å². The van der Waals surface area contributed by atoms with Crippen molar-refractivity contribution < 1.29 is 19.0 Å². The van der Waals surface area contributed by atoms with Gasteiger partial charge in [-0.25, -0.2) is 0 Å². The first-order valence-corrected chi connectivity index (χ1v) is 7.72. The lowest BCUT2D eigenvalue weighted by Gasteiger charge is -2.18. The summed E-state index contributed by atoms with van der Waals surface area (Å²) in [5.41, 5.74) is 1.49. The minimum Gasteiger partial charge on any atom is -0.490 e. The van der Waals surface area contributed by atoms with E-state index < -0.39 is 0 Å². The summed E-state index contributed by atoms with van der Waals surface area (Å²) < 4.78 is 16.4. The molecular formula is C20H18O4. The van der Waals surface area contributed by atoms with Crippen molar-refractivity contribution in [3.8, 4) is 17.2 Å². The van der Waals surface area contributed by atoms with Gasteiger partial charge in [-0.05, 0) is 42.0 Å². The molecular weight excluding hydrogens is 304 g/mol. The quantitative estimate of drug-likeness (QED) is 0.459. The van der Waals surface area contributed by atoms with Crippen LogP contribution in [-0.4, -0.2) is 25.6 Å². The minimum absolute atomic E-state index is 0.0843. The van der Waals surface area contributed by atoms with E-state index in [-0.39, 0.29) is 5.78 Å². The van der Waals surface area contributed by atoms with Gasteiger partial charge in [0, 0.05) is 5.56 Å². The van der Waals surface area contributed by atoms with Crippen molar-refractivity contribution in [2.75, 3.05) is 19.8 Å². The van der Waals surface area contributed by atoms with Crippen LogP contribution in [0.2, 0.25) is 0 Å². The third-order valence-corrected chi connectivity index (χ3v) is 3.50. The smallest absolute Gasteiger partial charge is 0.185 e. The fraction of sp³-hybridized carbons (Fsp3) is 0.150. The molecule has 1 aliphatic rings. The Morgan fingerprint density at radius 1 is 1.08 bits per heavy atom. The summed E-state index contributed by atoms with van der Waals surface area (Å²) in [4.78, 5) is 12.3. The van der Waals surface area contributed by atoms with Gasteiger partial charge in [-0.1, -0.05) is 30.9 Å². The van der Waals surface area contributed by atoms with Crippen LogP contribution in [0.4, 0.5) is 0 Å². The first kappa shape index (κ1) is 15.9. The molecule has 0 radical (unpaired) electrons. The molecule has 0 unspecified atom stereocenters. The lowest BCUT2D eigenvalue weighted by molar-refractivity contribution is 0.104. The number of benzene rings is 2. The highest BCUT2D eigenvalue weighted by Gasteiger charge is 2.13. The van der Waals surface area contributed by atoms with Crippen LogP contribution in [0.25, 0.3) is 6.08 Å². The van der Waals surface area contributed by atoms with E-state index in [1.807, 2.05) is 24.3 Å². The van der Waals surface area contributed by atoms with E-state index in [0.29, 0.717) is 36.9 Å². The van der Waals surface area contributed by atoms with Crippen LogP contribution in [0, 0.1) is 0 Å². The van der Waals surface area contributed by atoms with Crippen molar-refractivity contribution in [3.05, 3.63) is 72.3 Å². The average molecular weight is 322 g/mol. The number of ether oxygens (including phenoxy) is 3. The van der Waals surface area contributed by atoms with E-state index in [1.165, 1.54) is 0 Å². The van der Waals surface area contributed by atoms with Gasteiger partial charge in [-0.15, -0.1) is 0 Å². The lowest BCUT2D eigenvalue weighted by Crippen LogP contribution is -2.15. The minimum atomic E-state index is -0.0843. The Bertz CT molecular complexity index is 760. The summed E-state index contributed by atoms with van der Waals surface area (Å²) in [6, 6.07) is 12.7. The van der Waals surface area contributed by atoms with E-state index in [4.69, 9.17) is 14.2 Å². The van der Waals surface area contributed by atoms with Crippen molar-refractivity contribution >= 4 is 11.9 Å². The van der Waals surface area contributed by atoms with Crippen molar-refractivity contribution in [1.82, 2.24) is 0 Å².